The van der Waals surface area contributed by atoms with Crippen molar-refractivity contribution in [1.82, 2.24) is 20.2 Å². The van der Waals surface area contributed by atoms with Gasteiger partial charge >= 0.3 is 0 Å². The molecule has 116 valence electrons. The number of carbonyl (C=O) groups is 1. The van der Waals surface area contributed by atoms with E-state index in [1.165, 1.54) is 0 Å². The molecule has 3 rings (SSSR count). The zero-order chi connectivity index (χ0) is 16.1. The molecule has 0 aliphatic carbocycles. The Balaban J connectivity index is 1.69. The molecule has 0 aliphatic heterocycles. The molecule has 0 saturated carbocycles. The van der Waals surface area contributed by atoms with E-state index in [4.69, 9.17) is 4.74 Å². The van der Waals surface area contributed by atoms with Crippen LogP contribution in [0, 0.1) is 0 Å². The van der Waals surface area contributed by atoms with Crippen molar-refractivity contribution in [1.29, 1.82) is 0 Å². The molecule has 0 unspecified atom stereocenters. The number of rotatable bonds is 5. The van der Waals surface area contributed by atoms with E-state index in [0.717, 1.165) is 5.75 Å². The minimum atomic E-state index is -0.292. The Kier molecular flexibility index (Phi) is 4.28. The van der Waals surface area contributed by atoms with Gasteiger partial charge in [0.05, 0.1) is 6.61 Å². The number of aromatic amines is 1. The maximum atomic E-state index is 12.2. The van der Waals surface area contributed by atoms with Crippen LogP contribution in [0.25, 0.3) is 11.5 Å². The summed E-state index contributed by atoms with van der Waals surface area (Å²) in [5.74, 6) is 1.12. The van der Waals surface area contributed by atoms with E-state index < -0.39 is 0 Å². The maximum absolute atomic E-state index is 12.2. The predicted molar refractivity (Wildman–Crippen MR) is 85.2 cm³/mol. The van der Waals surface area contributed by atoms with Gasteiger partial charge in [-0.2, -0.15) is 4.98 Å². The van der Waals surface area contributed by atoms with Gasteiger partial charge in [0, 0.05) is 11.8 Å². The Morgan fingerprint density at radius 3 is 2.74 bits per heavy atom. The molecular formula is C16H15N5O2. The predicted octanol–water partition coefficient (Wildman–Crippen LogP) is 2.52. The quantitative estimate of drug-likeness (QED) is 0.755. The second-order valence-electron chi connectivity index (χ2n) is 4.63. The highest BCUT2D eigenvalue weighted by molar-refractivity contribution is 6.03. The Morgan fingerprint density at radius 1 is 1.22 bits per heavy atom. The molecule has 0 spiro atoms. The van der Waals surface area contributed by atoms with Crippen LogP contribution in [0.1, 0.15) is 17.3 Å². The molecule has 1 amide bonds. The Bertz CT molecular complexity index is 784. The largest absolute Gasteiger partial charge is 0.494 e. The second kappa shape index (κ2) is 6.69. The van der Waals surface area contributed by atoms with Crippen LogP contribution in [-0.4, -0.2) is 32.7 Å². The number of H-pyrrole nitrogens is 1. The first kappa shape index (κ1) is 14.7. The summed E-state index contributed by atoms with van der Waals surface area (Å²) in [6.07, 6.45) is 1.66. The lowest BCUT2D eigenvalue weighted by Gasteiger charge is -2.04. The first-order valence-corrected chi connectivity index (χ1v) is 7.14. The summed E-state index contributed by atoms with van der Waals surface area (Å²) < 4.78 is 5.34. The summed E-state index contributed by atoms with van der Waals surface area (Å²) in [5, 5.41) is 9.36. The molecule has 2 N–H and O–H groups in total. The highest BCUT2D eigenvalue weighted by Crippen LogP contribution is 2.15. The van der Waals surface area contributed by atoms with Crippen LogP contribution in [0.4, 0.5) is 5.95 Å². The van der Waals surface area contributed by atoms with Gasteiger partial charge in [-0.1, -0.05) is 6.07 Å². The molecule has 23 heavy (non-hydrogen) atoms. The Hall–Kier alpha value is -3.22. The van der Waals surface area contributed by atoms with Crippen LogP contribution in [0.15, 0.2) is 48.7 Å². The summed E-state index contributed by atoms with van der Waals surface area (Å²) in [5.41, 5.74) is 1.15. The van der Waals surface area contributed by atoms with Crippen molar-refractivity contribution >= 4 is 11.9 Å². The number of carbonyl (C=O) groups excluding carboxylic acids is 1. The highest BCUT2D eigenvalue weighted by atomic mass is 16.5. The van der Waals surface area contributed by atoms with Gasteiger partial charge in [0.1, 0.15) is 11.4 Å². The van der Waals surface area contributed by atoms with Crippen molar-refractivity contribution in [3.05, 3.63) is 54.2 Å². The SMILES string of the molecule is CCOc1ccc(C(=O)Nc2n[nH]c(-c3ccccn3)n2)cc1. The third-order valence-corrected chi connectivity index (χ3v) is 3.05. The third-order valence-electron chi connectivity index (χ3n) is 3.05. The zero-order valence-electron chi connectivity index (χ0n) is 12.5. The number of anilines is 1. The Morgan fingerprint density at radius 2 is 2.04 bits per heavy atom. The summed E-state index contributed by atoms with van der Waals surface area (Å²) >= 11 is 0. The van der Waals surface area contributed by atoms with Crippen LogP contribution in [-0.2, 0) is 0 Å². The van der Waals surface area contributed by atoms with Crippen LogP contribution in [0.2, 0.25) is 0 Å². The molecule has 0 saturated heterocycles. The average molecular weight is 309 g/mol. The van der Waals surface area contributed by atoms with Crippen molar-refractivity contribution in [2.45, 2.75) is 6.92 Å². The summed E-state index contributed by atoms with van der Waals surface area (Å²) in [7, 11) is 0. The van der Waals surface area contributed by atoms with Gasteiger partial charge in [0.25, 0.3) is 5.91 Å². The minimum Gasteiger partial charge on any atom is -0.494 e. The summed E-state index contributed by atoms with van der Waals surface area (Å²) in [6, 6.07) is 12.3. The molecule has 1 aromatic carbocycles. The van der Waals surface area contributed by atoms with E-state index in [2.05, 4.69) is 25.5 Å². The normalized spacial score (nSPS) is 10.3. The number of amides is 1. The van der Waals surface area contributed by atoms with E-state index in [-0.39, 0.29) is 11.9 Å². The lowest BCUT2D eigenvalue weighted by atomic mass is 10.2. The summed E-state index contributed by atoms with van der Waals surface area (Å²) in [6.45, 7) is 2.49. The smallest absolute Gasteiger partial charge is 0.258 e. The minimum absolute atomic E-state index is 0.199. The first-order chi connectivity index (χ1) is 11.3. The molecular weight excluding hydrogens is 294 g/mol. The van der Waals surface area contributed by atoms with E-state index in [0.29, 0.717) is 23.7 Å². The number of ether oxygens (including phenoxy) is 1. The lowest BCUT2D eigenvalue weighted by molar-refractivity contribution is 0.102. The lowest BCUT2D eigenvalue weighted by Crippen LogP contribution is -2.12. The van der Waals surface area contributed by atoms with Crippen molar-refractivity contribution in [3.8, 4) is 17.3 Å². The number of nitrogens with zero attached hydrogens (tertiary/aromatic N) is 3. The number of benzene rings is 1. The molecule has 0 aliphatic rings. The standard InChI is InChI=1S/C16H15N5O2/c1-2-23-12-8-6-11(7-9-12)15(22)19-16-18-14(20-21-16)13-5-3-4-10-17-13/h3-10H,2H2,1H3,(H2,18,19,20,21,22). The van der Waals surface area contributed by atoms with Crippen molar-refractivity contribution < 1.29 is 9.53 Å². The van der Waals surface area contributed by atoms with Crippen molar-refractivity contribution in [2.24, 2.45) is 0 Å². The van der Waals surface area contributed by atoms with Gasteiger partial charge < -0.3 is 4.74 Å². The van der Waals surface area contributed by atoms with E-state index in [9.17, 15) is 4.79 Å². The molecule has 0 radical (unpaired) electrons. The Labute approximate surface area is 132 Å². The molecule has 0 bridgehead atoms. The molecule has 2 heterocycles. The molecule has 0 fully saturated rings. The summed E-state index contributed by atoms with van der Waals surface area (Å²) in [4.78, 5) is 20.5. The van der Waals surface area contributed by atoms with Gasteiger partial charge in [0.2, 0.25) is 5.95 Å². The third kappa shape index (κ3) is 3.52. The van der Waals surface area contributed by atoms with E-state index >= 15 is 0 Å². The average Bonchev–Trinajstić information content (AvgIpc) is 3.05. The van der Waals surface area contributed by atoms with Crippen LogP contribution >= 0.6 is 0 Å². The number of hydrogen-bond acceptors (Lipinski definition) is 5. The molecule has 3 aromatic rings. The van der Waals surface area contributed by atoms with Gasteiger partial charge in [-0.25, -0.2) is 0 Å². The van der Waals surface area contributed by atoms with Gasteiger partial charge in [-0.15, -0.1) is 5.10 Å². The monoisotopic (exact) mass is 309 g/mol. The number of aromatic nitrogens is 4. The second-order valence-corrected chi connectivity index (χ2v) is 4.63. The molecule has 2 aromatic heterocycles. The molecule has 7 heteroatoms. The van der Waals surface area contributed by atoms with Gasteiger partial charge in [0.15, 0.2) is 5.82 Å². The zero-order valence-corrected chi connectivity index (χ0v) is 12.5. The van der Waals surface area contributed by atoms with Gasteiger partial charge in [-0.3, -0.25) is 20.2 Å². The van der Waals surface area contributed by atoms with Crippen LogP contribution in [0.3, 0.4) is 0 Å². The van der Waals surface area contributed by atoms with Gasteiger partial charge in [-0.05, 0) is 43.3 Å². The fraction of sp³-hybridized carbons (Fsp3) is 0.125. The van der Waals surface area contributed by atoms with Crippen molar-refractivity contribution in [2.75, 3.05) is 11.9 Å². The molecule has 0 atom stereocenters. The fourth-order valence-corrected chi connectivity index (χ4v) is 1.98. The highest BCUT2D eigenvalue weighted by Gasteiger charge is 2.11. The molecule has 7 nitrogen and oxygen atoms in total. The first-order valence-electron chi connectivity index (χ1n) is 7.14. The van der Waals surface area contributed by atoms with Crippen molar-refractivity contribution in [3.63, 3.8) is 0 Å². The number of pyridine rings is 1. The van der Waals surface area contributed by atoms with E-state index in [1.807, 2.05) is 19.1 Å². The topological polar surface area (TPSA) is 92.8 Å². The van der Waals surface area contributed by atoms with E-state index in [1.54, 1.807) is 36.5 Å². The van der Waals surface area contributed by atoms with Crippen LogP contribution < -0.4 is 10.1 Å². The van der Waals surface area contributed by atoms with Crippen LogP contribution in [0.5, 0.6) is 5.75 Å². The fourth-order valence-electron chi connectivity index (χ4n) is 1.98. The maximum Gasteiger partial charge on any atom is 0.258 e. The number of hydrogen-bond donors (Lipinski definition) is 2. The number of nitrogens with one attached hydrogen (secondary N) is 2.